The number of methoxy groups -OCH3 is 1. The Labute approximate surface area is 157 Å². The number of carbonyl (C=O) groups excluding carboxylic acids is 1. The van der Waals surface area contributed by atoms with E-state index in [0.29, 0.717) is 11.4 Å². The average Bonchev–Trinajstić information content (AvgIpc) is 3.11. The second-order valence-corrected chi connectivity index (χ2v) is 6.80. The van der Waals surface area contributed by atoms with E-state index in [0.717, 1.165) is 42.8 Å². The number of benzene rings is 1. The van der Waals surface area contributed by atoms with Gasteiger partial charge in [0.2, 0.25) is 5.88 Å². The quantitative estimate of drug-likeness (QED) is 0.661. The topological polar surface area (TPSA) is 69.0 Å². The summed E-state index contributed by atoms with van der Waals surface area (Å²) in [6, 6.07) is 11.0. The summed E-state index contributed by atoms with van der Waals surface area (Å²) in [5, 5.41) is 4.62. The van der Waals surface area contributed by atoms with Crippen LogP contribution >= 0.6 is 0 Å². The van der Waals surface area contributed by atoms with E-state index in [1.54, 1.807) is 22.8 Å². The number of esters is 1. The maximum absolute atomic E-state index is 11.8. The van der Waals surface area contributed by atoms with Crippen LogP contribution in [0.4, 0.5) is 0 Å². The van der Waals surface area contributed by atoms with Crippen LogP contribution in [-0.2, 0) is 4.74 Å². The minimum absolute atomic E-state index is 0.142. The highest BCUT2D eigenvalue weighted by molar-refractivity contribution is 5.90. The molecule has 1 saturated heterocycles. The molecular weight excluding hydrogens is 344 g/mol. The zero-order valence-corrected chi connectivity index (χ0v) is 15.5. The number of carbonyl (C=O) groups is 1. The predicted molar refractivity (Wildman–Crippen MR) is 101 cm³/mol. The molecule has 2 aromatic heterocycles. The fourth-order valence-electron chi connectivity index (χ4n) is 3.43. The molecule has 0 spiro atoms. The molecule has 0 aliphatic carbocycles. The van der Waals surface area contributed by atoms with E-state index in [2.05, 4.69) is 22.0 Å². The highest BCUT2D eigenvalue weighted by Crippen LogP contribution is 2.23. The molecule has 3 heterocycles. The Morgan fingerprint density at radius 1 is 1.26 bits per heavy atom. The lowest BCUT2D eigenvalue weighted by molar-refractivity contribution is 0.0600. The first-order valence-electron chi connectivity index (χ1n) is 9.03. The molecule has 1 unspecified atom stereocenters. The summed E-state index contributed by atoms with van der Waals surface area (Å²) in [7, 11) is 3.48. The number of fused-ring (bicyclic) bond motifs is 1. The highest BCUT2D eigenvalue weighted by Gasteiger charge is 2.19. The van der Waals surface area contributed by atoms with Crippen LogP contribution in [0.5, 0.6) is 5.88 Å². The van der Waals surface area contributed by atoms with Gasteiger partial charge in [0.15, 0.2) is 5.65 Å². The van der Waals surface area contributed by atoms with Gasteiger partial charge in [-0.25, -0.2) is 14.3 Å². The third-order valence-corrected chi connectivity index (χ3v) is 4.79. The molecule has 1 aliphatic heterocycles. The van der Waals surface area contributed by atoms with Gasteiger partial charge in [0.1, 0.15) is 6.10 Å². The van der Waals surface area contributed by atoms with Crippen LogP contribution in [0.3, 0.4) is 0 Å². The Hall–Kier alpha value is -2.93. The maximum Gasteiger partial charge on any atom is 0.337 e. The highest BCUT2D eigenvalue weighted by atomic mass is 16.5. The van der Waals surface area contributed by atoms with E-state index < -0.39 is 0 Å². The first kappa shape index (κ1) is 17.5. The number of rotatable bonds is 4. The van der Waals surface area contributed by atoms with Crippen molar-refractivity contribution < 1.29 is 14.3 Å². The smallest absolute Gasteiger partial charge is 0.337 e. The second-order valence-electron chi connectivity index (χ2n) is 6.80. The van der Waals surface area contributed by atoms with Gasteiger partial charge < -0.3 is 14.4 Å². The Kier molecular flexibility index (Phi) is 4.77. The van der Waals surface area contributed by atoms with Crippen molar-refractivity contribution in [2.45, 2.75) is 18.9 Å². The van der Waals surface area contributed by atoms with Gasteiger partial charge in [-0.3, -0.25) is 0 Å². The minimum Gasteiger partial charge on any atom is -0.472 e. The summed E-state index contributed by atoms with van der Waals surface area (Å²) < 4.78 is 12.7. The van der Waals surface area contributed by atoms with Crippen LogP contribution in [0.25, 0.3) is 16.9 Å². The Morgan fingerprint density at radius 2 is 2.15 bits per heavy atom. The first-order valence-corrected chi connectivity index (χ1v) is 9.03. The lowest BCUT2D eigenvalue weighted by atomic mass is 10.1. The van der Waals surface area contributed by atoms with Crippen molar-refractivity contribution >= 4 is 11.6 Å². The third kappa shape index (κ3) is 3.64. The fourth-order valence-corrected chi connectivity index (χ4v) is 3.43. The predicted octanol–water partition coefficient (Wildman–Crippen LogP) is 2.66. The fraction of sp³-hybridized carbons (Fsp3) is 0.350. The van der Waals surface area contributed by atoms with Crippen LogP contribution in [-0.4, -0.2) is 58.8 Å². The number of hydrogen-bond donors (Lipinski definition) is 0. The van der Waals surface area contributed by atoms with Gasteiger partial charge in [-0.2, -0.15) is 0 Å². The molecule has 140 valence electrons. The van der Waals surface area contributed by atoms with Crippen LogP contribution in [0.15, 0.2) is 42.6 Å². The van der Waals surface area contributed by atoms with E-state index in [1.807, 2.05) is 24.3 Å². The van der Waals surface area contributed by atoms with E-state index in [1.165, 1.54) is 7.11 Å². The summed E-state index contributed by atoms with van der Waals surface area (Å²) in [6.07, 6.45) is 4.04. The van der Waals surface area contributed by atoms with Crippen molar-refractivity contribution in [3.63, 3.8) is 0 Å². The molecule has 7 heteroatoms. The van der Waals surface area contributed by atoms with Gasteiger partial charge in [-0.05, 0) is 44.6 Å². The summed E-state index contributed by atoms with van der Waals surface area (Å²) in [5.41, 5.74) is 2.85. The summed E-state index contributed by atoms with van der Waals surface area (Å²) in [4.78, 5) is 18.5. The number of hydrogen-bond acceptors (Lipinski definition) is 6. The van der Waals surface area contributed by atoms with Gasteiger partial charge in [-0.15, -0.1) is 5.10 Å². The molecule has 0 N–H and O–H groups in total. The number of nitrogens with zero attached hydrogens (tertiary/aromatic N) is 4. The third-order valence-electron chi connectivity index (χ3n) is 4.79. The number of likely N-dealkylation sites (N-methyl/N-ethyl adjacent to an activating group) is 1. The first-order chi connectivity index (χ1) is 13.1. The van der Waals surface area contributed by atoms with Crippen LogP contribution in [0.2, 0.25) is 0 Å². The van der Waals surface area contributed by atoms with Crippen LogP contribution in [0, 0.1) is 0 Å². The van der Waals surface area contributed by atoms with Crippen molar-refractivity contribution in [2.75, 3.05) is 27.2 Å². The van der Waals surface area contributed by atoms with Gasteiger partial charge in [-0.1, -0.05) is 12.1 Å². The number of piperidine rings is 1. The molecule has 3 aromatic rings. The van der Waals surface area contributed by atoms with Crippen molar-refractivity contribution in [3.05, 3.63) is 48.2 Å². The Balaban J connectivity index is 1.65. The van der Waals surface area contributed by atoms with Crippen LogP contribution < -0.4 is 4.74 Å². The van der Waals surface area contributed by atoms with E-state index in [9.17, 15) is 4.79 Å². The van der Waals surface area contributed by atoms with Crippen molar-refractivity contribution in [2.24, 2.45) is 0 Å². The number of ether oxygens (including phenoxy) is 2. The van der Waals surface area contributed by atoms with Gasteiger partial charge in [0.25, 0.3) is 0 Å². The molecule has 0 saturated carbocycles. The van der Waals surface area contributed by atoms with E-state index in [-0.39, 0.29) is 12.1 Å². The summed E-state index contributed by atoms with van der Waals surface area (Å²) in [5.74, 6) is 0.204. The minimum atomic E-state index is -0.371. The molecule has 7 nitrogen and oxygen atoms in total. The van der Waals surface area contributed by atoms with Gasteiger partial charge >= 0.3 is 5.97 Å². The molecule has 1 fully saturated rings. The molecular formula is C20H22N4O3. The molecule has 27 heavy (non-hydrogen) atoms. The summed E-state index contributed by atoms with van der Waals surface area (Å²) in [6.45, 7) is 2.01. The number of aromatic nitrogens is 3. The zero-order chi connectivity index (χ0) is 18.8. The Bertz CT molecular complexity index is 969. The normalized spacial score (nSPS) is 17.8. The van der Waals surface area contributed by atoms with Gasteiger partial charge in [0.05, 0.1) is 24.6 Å². The molecule has 0 radical (unpaired) electrons. The molecule has 4 rings (SSSR count). The van der Waals surface area contributed by atoms with Crippen LogP contribution in [0.1, 0.15) is 23.2 Å². The number of imidazole rings is 1. The standard InChI is InChI=1S/C20H22N4O3/c1-23-10-4-7-16(13-23)27-19-9-8-18-21-12-17(24(18)22-19)14-5-3-6-15(11-14)20(25)26-2/h3,5-6,8-9,11-12,16H,4,7,10,13H2,1-2H3. The van der Waals surface area contributed by atoms with Gasteiger partial charge in [0, 0.05) is 18.2 Å². The lowest BCUT2D eigenvalue weighted by Crippen LogP contribution is -2.38. The molecule has 0 amide bonds. The SMILES string of the molecule is COC(=O)c1cccc(-c2cnc3ccc(OC4CCCN(C)C4)nn23)c1. The van der Waals surface area contributed by atoms with E-state index in [4.69, 9.17) is 9.47 Å². The number of likely N-dealkylation sites (tertiary alicyclic amines) is 1. The molecule has 1 atom stereocenters. The van der Waals surface area contributed by atoms with Crippen molar-refractivity contribution in [1.29, 1.82) is 0 Å². The molecule has 1 aliphatic rings. The Morgan fingerprint density at radius 3 is 2.96 bits per heavy atom. The summed E-state index contributed by atoms with van der Waals surface area (Å²) >= 11 is 0. The average molecular weight is 366 g/mol. The zero-order valence-electron chi connectivity index (χ0n) is 15.5. The maximum atomic E-state index is 11.8. The lowest BCUT2D eigenvalue weighted by Gasteiger charge is -2.29. The van der Waals surface area contributed by atoms with Crippen molar-refractivity contribution in [1.82, 2.24) is 19.5 Å². The van der Waals surface area contributed by atoms with Crippen molar-refractivity contribution in [3.8, 4) is 17.1 Å². The second kappa shape index (κ2) is 7.36. The largest absolute Gasteiger partial charge is 0.472 e. The molecule has 1 aromatic carbocycles. The van der Waals surface area contributed by atoms with E-state index >= 15 is 0 Å². The molecule has 0 bridgehead atoms. The monoisotopic (exact) mass is 366 g/mol.